The Bertz CT molecular complexity index is 477. The molecule has 1 aliphatic heterocycles. The van der Waals surface area contributed by atoms with Crippen LogP contribution in [0.3, 0.4) is 0 Å². The zero-order valence-corrected chi connectivity index (χ0v) is 11.1. The summed E-state index contributed by atoms with van der Waals surface area (Å²) >= 11 is 1.82. The van der Waals surface area contributed by atoms with Crippen molar-refractivity contribution in [3.8, 4) is 0 Å². The number of carboxylic acid groups (broad SMARTS) is 1. The number of thioether (sulfide) groups is 1. The summed E-state index contributed by atoms with van der Waals surface area (Å²) in [6.45, 7) is 2.11. The van der Waals surface area contributed by atoms with Crippen molar-refractivity contribution >= 4 is 17.7 Å². The fraction of sp³-hybridized carbons (Fsp3) is 0.818. The number of carboxylic acids is 1. The smallest absolute Gasteiger partial charge is 0.331 e. The van der Waals surface area contributed by atoms with E-state index in [1.807, 2.05) is 11.8 Å². The van der Waals surface area contributed by atoms with Crippen LogP contribution >= 0.6 is 11.8 Å². The van der Waals surface area contributed by atoms with Crippen molar-refractivity contribution in [3.05, 3.63) is 5.82 Å². The highest BCUT2D eigenvalue weighted by atomic mass is 32.2. The number of tetrazole rings is 1. The van der Waals surface area contributed by atoms with Crippen molar-refractivity contribution in [1.29, 1.82) is 0 Å². The van der Waals surface area contributed by atoms with Gasteiger partial charge in [-0.05, 0) is 55.2 Å². The van der Waals surface area contributed by atoms with Crippen LogP contribution in [-0.4, -0.2) is 37.0 Å². The maximum Gasteiger partial charge on any atom is 0.331 e. The van der Waals surface area contributed by atoms with Gasteiger partial charge in [0.15, 0.2) is 11.4 Å². The van der Waals surface area contributed by atoms with E-state index in [1.54, 1.807) is 4.68 Å². The molecule has 1 saturated carbocycles. The summed E-state index contributed by atoms with van der Waals surface area (Å²) in [4.78, 5) is 11.6. The Kier molecular flexibility index (Phi) is 2.62. The van der Waals surface area contributed by atoms with Crippen LogP contribution in [0.5, 0.6) is 0 Å². The minimum Gasteiger partial charge on any atom is -0.479 e. The minimum absolute atomic E-state index is 0.137. The first-order chi connectivity index (χ1) is 8.58. The van der Waals surface area contributed by atoms with Gasteiger partial charge in [-0.25, -0.2) is 9.48 Å². The lowest BCUT2D eigenvalue weighted by molar-refractivity contribution is -0.153. The van der Waals surface area contributed by atoms with E-state index in [2.05, 4.69) is 22.4 Å². The summed E-state index contributed by atoms with van der Waals surface area (Å²) in [6.07, 6.45) is 4.32. The second-order valence-electron chi connectivity index (χ2n) is 5.29. The third-order valence-electron chi connectivity index (χ3n) is 4.15. The number of carbonyl (C=O) groups is 1. The van der Waals surface area contributed by atoms with E-state index >= 15 is 0 Å². The molecule has 2 fully saturated rings. The Balaban J connectivity index is 2.04. The lowest BCUT2D eigenvalue weighted by Crippen LogP contribution is -2.50. The Morgan fingerprint density at radius 1 is 1.39 bits per heavy atom. The predicted octanol–water partition coefficient (Wildman–Crippen LogP) is 1.38. The van der Waals surface area contributed by atoms with Crippen LogP contribution in [0.4, 0.5) is 0 Å². The molecule has 18 heavy (non-hydrogen) atoms. The van der Waals surface area contributed by atoms with E-state index in [-0.39, 0.29) is 4.75 Å². The molecule has 1 aromatic rings. The fourth-order valence-electron chi connectivity index (χ4n) is 2.79. The molecule has 0 amide bonds. The van der Waals surface area contributed by atoms with E-state index in [0.717, 1.165) is 30.8 Å². The lowest BCUT2D eigenvalue weighted by Gasteiger charge is -2.39. The number of nitrogens with zero attached hydrogens (tertiary/aromatic N) is 4. The normalized spacial score (nSPS) is 30.1. The fourth-order valence-corrected chi connectivity index (χ4v) is 4.07. The van der Waals surface area contributed by atoms with Crippen LogP contribution in [0.15, 0.2) is 0 Å². The molecule has 3 rings (SSSR count). The molecule has 0 bridgehead atoms. The monoisotopic (exact) mass is 268 g/mol. The molecule has 1 saturated heterocycles. The summed E-state index contributed by atoms with van der Waals surface area (Å²) < 4.78 is 1.44. The van der Waals surface area contributed by atoms with Gasteiger partial charge in [-0.3, -0.25) is 0 Å². The minimum atomic E-state index is -0.898. The molecule has 0 aromatic carbocycles. The lowest BCUT2D eigenvalue weighted by atomic mass is 9.76. The molecule has 1 unspecified atom stereocenters. The van der Waals surface area contributed by atoms with Crippen LogP contribution in [0, 0.1) is 0 Å². The van der Waals surface area contributed by atoms with Gasteiger partial charge in [-0.15, -0.1) is 16.9 Å². The van der Waals surface area contributed by atoms with Gasteiger partial charge in [0, 0.05) is 0 Å². The van der Waals surface area contributed by atoms with Crippen molar-refractivity contribution in [2.75, 3.05) is 5.75 Å². The molecule has 2 heterocycles. The predicted molar refractivity (Wildman–Crippen MR) is 66.3 cm³/mol. The molecule has 1 aliphatic carbocycles. The Hall–Kier alpha value is -1.11. The SMILES string of the molecule is CC1(c2nnnn2C2(C(=O)O)CCC2)CCCS1. The van der Waals surface area contributed by atoms with Gasteiger partial charge in [-0.1, -0.05) is 0 Å². The summed E-state index contributed by atoms with van der Waals surface area (Å²) in [5.74, 6) is 1.00. The largest absolute Gasteiger partial charge is 0.479 e. The molecule has 2 aliphatic rings. The number of aromatic nitrogens is 4. The second kappa shape index (κ2) is 3.94. The maximum atomic E-state index is 11.6. The number of aliphatic carboxylic acids is 1. The first kappa shape index (κ1) is 12.0. The molecular formula is C11H16N4O2S. The van der Waals surface area contributed by atoms with Crippen molar-refractivity contribution in [1.82, 2.24) is 20.2 Å². The molecule has 1 atom stereocenters. The van der Waals surface area contributed by atoms with Crippen LogP contribution in [0.1, 0.15) is 44.9 Å². The van der Waals surface area contributed by atoms with E-state index in [0.29, 0.717) is 12.8 Å². The Morgan fingerprint density at radius 3 is 2.67 bits per heavy atom. The van der Waals surface area contributed by atoms with Gasteiger partial charge < -0.3 is 5.11 Å². The van der Waals surface area contributed by atoms with E-state index in [1.165, 1.54) is 0 Å². The van der Waals surface area contributed by atoms with Gasteiger partial charge in [0.2, 0.25) is 0 Å². The second-order valence-corrected chi connectivity index (χ2v) is 6.89. The van der Waals surface area contributed by atoms with Gasteiger partial charge in [0.05, 0.1) is 4.75 Å². The van der Waals surface area contributed by atoms with Crippen molar-refractivity contribution < 1.29 is 9.90 Å². The van der Waals surface area contributed by atoms with Gasteiger partial charge in [0.25, 0.3) is 0 Å². The van der Waals surface area contributed by atoms with Crippen LogP contribution < -0.4 is 0 Å². The van der Waals surface area contributed by atoms with E-state index < -0.39 is 11.5 Å². The number of rotatable bonds is 3. The number of hydrogen-bond acceptors (Lipinski definition) is 5. The molecule has 98 valence electrons. The first-order valence-corrected chi connectivity index (χ1v) is 7.24. The summed E-state index contributed by atoms with van der Waals surface area (Å²) in [5, 5.41) is 21.3. The summed E-state index contributed by atoms with van der Waals surface area (Å²) in [6, 6.07) is 0. The molecular weight excluding hydrogens is 252 g/mol. The topological polar surface area (TPSA) is 80.9 Å². The first-order valence-electron chi connectivity index (χ1n) is 6.25. The average Bonchev–Trinajstić information content (AvgIpc) is 2.85. The molecule has 6 nitrogen and oxygen atoms in total. The molecule has 0 spiro atoms. The van der Waals surface area contributed by atoms with Crippen LogP contribution in [0.2, 0.25) is 0 Å². The van der Waals surface area contributed by atoms with Crippen LogP contribution in [-0.2, 0) is 15.1 Å². The zero-order valence-electron chi connectivity index (χ0n) is 10.3. The van der Waals surface area contributed by atoms with Gasteiger partial charge >= 0.3 is 5.97 Å². The van der Waals surface area contributed by atoms with E-state index in [9.17, 15) is 9.90 Å². The average molecular weight is 268 g/mol. The van der Waals surface area contributed by atoms with Crippen molar-refractivity contribution in [2.24, 2.45) is 0 Å². The number of hydrogen-bond donors (Lipinski definition) is 1. The molecule has 1 aromatic heterocycles. The summed E-state index contributed by atoms with van der Waals surface area (Å²) in [7, 11) is 0. The highest BCUT2D eigenvalue weighted by Gasteiger charge is 2.51. The quantitative estimate of drug-likeness (QED) is 0.892. The highest BCUT2D eigenvalue weighted by Crippen LogP contribution is 2.48. The van der Waals surface area contributed by atoms with Gasteiger partial charge in [-0.2, -0.15) is 0 Å². The highest BCUT2D eigenvalue weighted by molar-refractivity contribution is 8.00. The molecule has 1 N–H and O–H groups in total. The van der Waals surface area contributed by atoms with Crippen molar-refractivity contribution in [3.63, 3.8) is 0 Å². The third kappa shape index (κ3) is 1.49. The molecule has 7 heteroatoms. The Labute approximate surface area is 109 Å². The standard InChI is InChI=1S/C11H16N4O2S/c1-10(4-3-7-18-10)8-12-13-14-15(8)11(9(16)17)5-2-6-11/h2-7H2,1H3,(H,16,17). The Morgan fingerprint density at radius 2 is 2.17 bits per heavy atom. The van der Waals surface area contributed by atoms with Crippen molar-refractivity contribution in [2.45, 2.75) is 49.3 Å². The maximum absolute atomic E-state index is 11.6. The molecule has 0 radical (unpaired) electrons. The third-order valence-corrected chi connectivity index (χ3v) is 5.66. The van der Waals surface area contributed by atoms with E-state index in [4.69, 9.17) is 0 Å². The summed E-state index contributed by atoms with van der Waals surface area (Å²) in [5.41, 5.74) is -0.898. The van der Waals surface area contributed by atoms with Gasteiger partial charge in [0.1, 0.15) is 0 Å². The zero-order chi connectivity index (χ0) is 12.8. The van der Waals surface area contributed by atoms with Crippen LogP contribution in [0.25, 0.3) is 0 Å².